The van der Waals surface area contributed by atoms with Crippen LogP contribution >= 0.6 is 34.8 Å². The molecule has 0 fully saturated rings. The summed E-state index contributed by atoms with van der Waals surface area (Å²) in [7, 11) is 0. The molecule has 1 amide bonds. The molecule has 0 saturated heterocycles. The van der Waals surface area contributed by atoms with Crippen molar-refractivity contribution in [1.82, 2.24) is 15.0 Å². The summed E-state index contributed by atoms with van der Waals surface area (Å²) < 4.78 is 0. The Morgan fingerprint density at radius 1 is 0.929 bits per heavy atom. The van der Waals surface area contributed by atoms with E-state index in [0.29, 0.717) is 16.5 Å². The number of benzene rings is 1. The Morgan fingerprint density at radius 3 is 2.25 bits per heavy atom. The van der Waals surface area contributed by atoms with Gasteiger partial charge in [0.05, 0.1) is 28.0 Å². The van der Waals surface area contributed by atoms with Crippen LogP contribution in [0.15, 0.2) is 42.9 Å². The molecule has 3 aromatic rings. The highest BCUT2D eigenvalue weighted by atomic mass is 35.5. The highest BCUT2D eigenvalue weighted by Gasteiger charge is 2.16. The Morgan fingerprint density at radius 2 is 1.64 bits per heavy atom. The van der Waals surface area contributed by atoms with E-state index in [4.69, 9.17) is 39.9 Å². The third-order valence-electron chi connectivity index (χ3n) is 3.38. The largest absolute Gasteiger partial charge is 0.476 e. The number of aromatic nitrogens is 3. The van der Waals surface area contributed by atoms with E-state index in [-0.39, 0.29) is 27.1 Å². The molecule has 28 heavy (non-hydrogen) atoms. The number of carboxylic acid groups (broad SMARTS) is 1. The smallest absolute Gasteiger partial charge is 0.356 e. The molecule has 0 radical (unpaired) electrons. The van der Waals surface area contributed by atoms with E-state index in [1.165, 1.54) is 24.5 Å². The van der Waals surface area contributed by atoms with Gasteiger partial charge in [-0.15, -0.1) is 0 Å². The van der Waals surface area contributed by atoms with E-state index in [9.17, 15) is 9.59 Å². The number of nitrogens with one attached hydrogen (secondary N) is 2. The molecule has 2 heterocycles. The number of anilines is 3. The maximum absolute atomic E-state index is 12.5. The van der Waals surface area contributed by atoms with Crippen LogP contribution in [0, 0.1) is 0 Å². The van der Waals surface area contributed by atoms with E-state index in [2.05, 4.69) is 25.6 Å². The number of hydrogen-bond acceptors (Lipinski definition) is 6. The molecule has 8 nitrogen and oxygen atoms in total. The van der Waals surface area contributed by atoms with Gasteiger partial charge in [-0.25, -0.2) is 19.7 Å². The number of carbonyl (C=O) groups is 2. The second-order valence-corrected chi connectivity index (χ2v) is 6.60. The maximum Gasteiger partial charge on any atom is 0.356 e. The monoisotopic (exact) mass is 437 g/mol. The maximum atomic E-state index is 12.5. The van der Waals surface area contributed by atoms with Gasteiger partial charge in [-0.1, -0.05) is 34.8 Å². The van der Waals surface area contributed by atoms with Crippen molar-refractivity contribution >= 4 is 64.0 Å². The summed E-state index contributed by atoms with van der Waals surface area (Å²) in [6.07, 6.45) is 3.83. The average Bonchev–Trinajstić information content (AvgIpc) is 2.61. The molecular weight excluding hydrogens is 429 g/mol. The normalized spacial score (nSPS) is 10.4. The first-order chi connectivity index (χ1) is 13.3. The zero-order valence-electron chi connectivity index (χ0n) is 13.8. The minimum absolute atomic E-state index is 0.0918. The number of carboxylic acids is 1. The SMILES string of the molecule is O=C(O)c1cnc(Nc2cc(NC(=O)c3c(Cl)cc(Cl)cc3Cl)ccn2)cn1. The molecule has 0 aliphatic rings. The fourth-order valence-electron chi connectivity index (χ4n) is 2.16. The van der Waals surface area contributed by atoms with Crippen LogP contribution in [0.4, 0.5) is 17.3 Å². The Balaban J connectivity index is 1.76. The first-order valence-corrected chi connectivity index (χ1v) is 8.71. The van der Waals surface area contributed by atoms with Crippen molar-refractivity contribution in [2.75, 3.05) is 10.6 Å². The molecule has 0 saturated carbocycles. The van der Waals surface area contributed by atoms with Gasteiger partial charge in [0.1, 0.15) is 11.6 Å². The lowest BCUT2D eigenvalue weighted by Crippen LogP contribution is -2.13. The van der Waals surface area contributed by atoms with Gasteiger partial charge in [-0.3, -0.25) is 4.79 Å². The molecule has 0 unspecified atom stereocenters. The van der Waals surface area contributed by atoms with E-state index in [1.54, 1.807) is 12.1 Å². The first kappa shape index (κ1) is 19.8. The van der Waals surface area contributed by atoms with Crippen molar-refractivity contribution in [3.8, 4) is 0 Å². The zero-order chi connectivity index (χ0) is 20.3. The lowest BCUT2D eigenvalue weighted by Gasteiger charge is -2.10. The lowest BCUT2D eigenvalue weighted by molar-refractivity contribution is 0.0690. The van der Waals surface area contributed by atoms with Crippen LogP contribution in [0.5, 0.6) is 0 Å². The van der Waals surface area contributed by atoms with Crippen LogP contribution in [0.25, 0.3) is 0 Å². The second-order valence-electron chi connectivity index (χ2n) is 5.35. The van der Waals surface area contributed by atoms with Crippen LogP contribution in [0.1, 0.15) is 20.8 Å². The number of carbonyl (C=O) groups excluding carboxylic acids is 1. The summed E-state index contributed by atoms with van der Waals surface area (Å²) in [4.78, 5) is 35.1. The van der Waals surface area contributed by atoms with E-state index in [1.807, 2.05) is 0 Å². The Kier molecular flexibility index (Phi) is 5.93. The molecule has 0 aliphatic heterocycles. The molecule has 11 heteroatoms. The lowest BCUT2D eigenvalue weighted by atomic mass is 10.2. The third kappa shape index (κ3) is 4.66. The summed E-state index contributed by atoms with van der Waals surface area (Å²) in [6.45, 7) is 0. The summed E-state index contributed by atoms with van der Waals surface area (Å²) in [5, 5.41) is 14.9. The molecular formula is C17H10Cl3N5O3. The Bertz CT molecular complexity index is 1040. The number of aromatic carboxylic acids is 1. The van der Waals surface area contributed by atoms with Crippen molar-refractivity contribution in [2.45, 2.75) is 0 Å². The van der Waals surface area contributed by atoms with Gasteiger partial charge in [0.25, 0.3) is 5.91 Å². The highest BCUT2D eigenvalue weighted by Crippen LogP contribution is 2.29. The predicted molar refractivity (Wildman–Crippen MR) is 106 cm³/mol. The molecule has 3 rings (SSSR count). The van der Waals surface area contributed by atoms with Crippen molar-refractivity contribution in [3.63, 3.8) is 0 Å². The molecule has 142 valence electrons. The van der Waals surface area contributed by atoms with Gasteiger partial charge in [-0.2, -0.15) is 0 Å². The zero-order valence-corrected chi connectivity index (χ0v) is 16.0. The Labute approximate surface area is 173 Å². The Hall–Kier alpha value is -2.94. The average molecular weight is 439 g/mol. The standard InChI is InChI=1S/C17H10Cl3N5O3/c18-8-3-10(19)15(11(20)4-8)16(26)24-9-1-2-21-13(5-9)25-14-7-22-12(6-23-14)17(27)28/h1-7H,(H,27,28)(H2,21,23,24,25,26). The summed E-state index contributed by atoms with van der Waals surface area (Å²) in [6, 6.07) is 5.95. The van der Waals surface area contributed by atoms with Gasteiger partial charge < -0.3 is 15.7 Å². The van der Waals surface area contributed by atoms with Crippen LogP contribution in [-0.4, -0.2) is 31.9 Å². The molecule has 2 aromatic heterocycles. The fourth-order valence-corrected chi connectivity index (χ4v) is 3.15. The van der Waals surface area contributed by atoms with Crippen molar-refractivity contribution in [3.05, 3.63) is 69.2 Å². The van der Waals surface area contributed by atoms with E-state index >= 15 is 0 Å². The molecule has 0 spiro atoms. The second kappa shape index (κ2) is 8.39. The van der Waals surface area contributed by atoms with Gasteiger partial charge in [0.2, 0.25) is 0 Å². The predicted octanol–water partition coefficient (Wildman–Crippen LogP) is 4.53. The van der Waals surface area contributed by atoms with E-state index < -0.39 is 11.9 Å². The third-order valence-corrected chi connectivity index (χ3v) is 4.19. The molecule has 0 bridgehead atoms. The van der Waals surface area contributed by atoms with Gasteiger partial charge in [-0.05, 0) is 18.2 Å². The molecule has 0 atom stereocenters. The minimum atomic E-state index is -1.18. The first-order valence-electron chi connectivity index (χ1n) is 7.58. The van der Waals surface area contributed by atoms with Crippen LogP contribution in [-0.2, 0) is 0 Å². The summed E-state index contributed by atoms with van der Waals surface area (Å²) >= 11 is 18.0. The van der Waals surface area contributed by atoms with Gasteiger partial charge in [0, 0.05) is 23.0 Å². The topological polar surface area (TPSA) is 117 Å². The minimum Gasteiger partial charge on any atom is -0.476 e. The van der Waals surface area contributed by atoms with E-state index in [0.717, 1.165) is 6.20 Å². The number of pyridine rings is 1. The fraction of sp³-hybridized carbons (Fsp3) is 0. The molecule has 3 N–H and O–H groups in total. The number of halogens is 3. The van der Waals surface area contributed by atoms with Crippen molar-refractivity contribution in [1.29, 1.82) is 0 Å². The van der Waals surface area contributed by atoms with Crippen LogP contribution in [0.2, 0.25) is 15.1 Å². The highest BCUT2D eigenvalue weighted by molar-refractivity contribution is 6.42. The number of hydrogen-bond donors (Lipinski definition) is 3. The molecule has 0 aliphatic carbocycles. The van der Waals surface area contributed by atoms with Gasteiger partial charge >= 0.3 is 5.97 Å². The van der Waals surface area contributed by atoms with Crippen LogP contribution < -0.4 is 10.6 Å². The van der Waals surface area contributed by atoms with Gasteiger partial charge in [0.15, 0.2) is 5.69 Å². The quantitative estimate of drug-likeness (QED) is 0.536. The summed E-state index contributed by atoms with van der Waals surface area (Å²) in [5.74, 6) is -1.07. The number of rotatable bonds is 5. The van der Waals surface area contributed by atoms with Crippen molar-refractivity contribution in [2.24, 2.45) is 0 Å². The number of nitrogens with zero attached hydrogens (tertiary/aromatic N) is 3. The molecule has 1 aromatic carbocycles. The van der Waals surface area contributed by atoms with Crippen molar-refractivity contribution < 1.29 is 14.7 Å². The van der Waals surface area contributed by atoms with Crippen LogP contribution in [0.3, 0.4) is 0 Å². The summed E-state index contributed by atoms with van der Waals surface area (Å²) in [5.41, 5.74) is 0.324. The number of amides is 1.